The smallest absolute Gasteiger partial charge is 0.339 e. The number of ether oxygens (including phenoxy) is 1. The molecule has 0 unspecified atom stereocenters. The number of benzene rings is 1. The van der Waals surface area contributed by atoms with E-state index >= 15 is 0 Å². The fourth-order valence-electron chi connectivity index (χ4n) is 3.59. The van der Waals surface area contributed by atoms with Gasteiger partial charge in [-0.3, -0.25) is 4.79 Å². The largest absolute Gasteiger partial charge is 0.497 e. The highest BCUT2D eigenvalue weighted by Crippen LogP contribution is 2.39. The average molecular weight is 435 g/mol. The van der Waals surface area contributed by atoms with Crippen molar-refractivity contribution in [3.63, 3.8) is 0 Å². The molecule has 0 aliphatic heterocycles. The van der Waals surface area contributed by atoms with Gasteiger partial charge < -0.3 is 24.0 Å². The number of fused-ring (bicyclic) bond motifs is 2. The fraction of sp³-hybridized carbons (Fsp3) is 0.130. The summed E-state index contributed by atoms with van der Waals surface area (Å²) in [6, 6.07) is 8.77. The maximum absolute atomic E-state index is 12.7. The number of anilines is 1. The zero-order chi connectivity index (χ0) is 21.5. The lowest BCUT2D eigenvalue weighted by molar-refractivity contribution is 0.0699. The van der Waals surface area contributed by atoms with Crippen LogP contribution in [0.5, 0.6) is 5.75 Å². The minimum Gasteiger partial charge on any atom is -0.497 e. The van der Waals surface area contributed by atoms with E-state index < -0.39 is 11.9 Å². The van der Waals surface area contributed by atoms with Crippen molar-refractivity contribution in [2.45, 2.75) is 12.8 Å². The second-order valence-corrected chi connectivity index (χ2v) is 7.92. The van der Waals surface area contributed by atoms with E-state index in [4.69, 9.17) is 13.6 Å². The van der Waals surface area contributed by atoms with Crippen LogP contribution in [0.4, 0.5) is 5.69 Å². The lowest BCUT2D eigenvalue weighted by Crippen LogP contribution is -2.21. The summed E-state index contributed by atoms with van der Waals surface area (Å²) < 4.78 is 16.7. The van der Waals surface area contributed by atoms with Gasteiger partial charge in [-0.1, -0.05) is 6.08 Å². The monoisotopic (exact) mass is 435 g/mol. The zero-order valence-corrected chi connectivity index (χ0v) is 17.2. The van der Waals surface area contributed by atoms with Gasteiger partial charge in [0.15, 0.2) is 5.76 Å². The first-order valence-electron chi connectivity index (χ1n) is 9.58. The summed E-state index contributed by atoms with van der Waals surface area (Å²) in [4.78, 5) is 25.2. The van der Waals surface area contributed by atoms with Gasteiger partial charge in [-0.2, -0.15) is 0 Å². The van der Waals surface area contributed by atoms with Crippen molar-refractivity contribution in [3.05, 3.63) is 57.7 Å². The standard InChI is InChI=1S/C23H17NO6S/c1-28-14-6-7-17-13(8-14)10-18(29-17)21-20(23(26)27)15(11-31-21)24-22(25)19-9-12-4-2-3-5-16(12)30-19/h4-11H,2-3H2,1H3,(H,24,25)(H,26,27). The Kier molecular flexibility index (Phi) is 4.63. The number of nitrogens with one attached hydrogen (secondary N) is 1. The van der Waals surface area contributed by atoms with E-state index in [2.05, 4.69) is 5.32 Å². The van der Waals surface area contributed by atoms with Gasteiger partial charge in [0.25, 0.3) is 5.91 Å². The molecule has 8 heteroatoms. The van der Waals surface area contributed by atoms with Gasteiger partial charge in [0.2, 0.25) is 0 Å². The first-order valence-corrected chi connectivity index (χ1v) is 10.5. The SMILES string of the molecule is COc1ccc2oc(-c3scc(NC(=O)c4cc5c(o4)=CCCC=5)c3C(=O)O)cc2c1. The van der Waals surface area contributed by atoms with Crippen LogP contribution in [0.2, 0.25) is 0 Å². The van der Waals surface area contributed by atoms with Gasteiger partial charge in [-0.05, 0) is 49.2 Å². The molecule has 1 amide bonds. The van der Waals surface area contributed by atoms with Gasteiger partial charge in [-0.25, -0.2) is 4.79 Å². The molecular formula is C23H17NO6S. The third-order valence-corrected chi connectivity index (χ3v) is 6.07. The summed E-state index contributed by atoms with van der Waals surface area (Å²) in [6.45, 7) is 0. The molecule has 31 heavy (non-hydrogen) atoms. The molecule has 3 aromatic heterocycles. The Morgan fingerprint density at radius 1 is 1.13 bits per heavy atom. The lowest BCUT2D eigenvalue weighted by Gasteiger charge is -2.03. The highest BCUT2D eigenvalue weighted by molar-refractivity contribution is 7.14. The molecule has 156 valence electrons. The summed E-state index contributed by atoms with van der Waals surface area (Å²) in [6.07, 6.45) is 5.71. The second kappa shape index (κ2) is 7.48. The highest BCUT2D eigenvalue weighted by Gasteiger charge is 2.24. The predicted octanol–water partition coefficient (Wildman–Crippen LogP) is 4.07. The summed E-state index contributed by atoms with van der Waals surface area (Å²) in [5, 5.41) is 15.7. The van der Waals surface area contributed by atoms with Crippen molar-refractivity contribution in [1.82, 2.24) is 0 Å². The number of furan rings is 2. The molecule has 0 bridgehead atoms. The summed E-state index contributed by atoms with van der Waals surface area (Å²) in [5.74, 6) is -0.446. The number of amides is 1. The first kappa shape index (κ1) is 19.2. The normalized spacial score (nSPS) is 12.7. The van der Waals surface area contributed by atoms with Crippen LogP contribution < -0.4 is 20.7 Å². The molecule has 1 aliphatic rings. The molecule has 4 aromatic rings. The van der Waals surface area contributed by atoms with E-state index in [0.717, 1.165) is 23.4 Å². The van der Waals surface area contributed by atoms with Crippen LogP contribution in [0.15, 0.2) is 44.5 Å². The van der Waals surface area contributed by atoms with E-state index in [1.807, 2.05) is 18.2 Å². The number of hydrogen-bond acceptors (Lipinski definition) is 6. The number of carboxylic acids is 1. The van der Waals surface area contributed by atoms with Crippen LogP contribution >= 0.6 is 11.3 Å². The molecule has 0 radical (unpaired) electrons. The van der Waals surface area contributed by atoms with Gasteiger partial charge in [0.05, 0.1) is 17.7 Å². The van der Waals surface area contributed by atoms with Crippen molar-refractivity contribution in [2.75, 3.05) is 12.4 Å². The molecule has 0 spiro atoms. The minimum atomic E-state index is -1.16. The maximum atomic E-state index is 12.7. The Bertz CT molecular complexity index is 1420. The van der Waals surface area contributed by atoms with Crippen LogP contribution in [0.25, 0.3) is 33.8 Å². The second-order valence-electron chi connectivity index (χ2n) is 7.04. The average Bonchev–Trinajstić information content (AvgIpc) is 3.48. The van der Waals surface area contributed by atoms with E-state index in [-0.39, 0.29) is 17.0 Å². The third kappa shape index (κ3) is 3.40. The van der Waals surface area contributed by atoms with Crippen molar-refractivity contribution < 1.29 is 28.3 Å². The number of carboxylic acid groups (broad SMARTS) is 1. The molecule has 0 fully saturated rings. The molecule has 0 saturated carbocycles. The van der Waals surface area contributed by atoms with E-state index in [1.165, 1.54) is 11.3 Å². The molecule has 1 aliphatic carbocycles. The number of aromatic carboxylic acids is 1. The Morgan fingerprint density at radius 3 is 2.74 bits per heavy atom. The number of thiophene rings is 1. The van der Waals surface area contributed by atoms with Crippen LogP contribution in [0, 0.1) is 0 Å². The molecule has 0 saturated heterocycles. The van der Waals surface area contributed by atoms with Gasteiger partial charge >= 0.3 is 5.97 Å². The summed E-state index contributed by atoms with van der Waals surface area (Å²) >= 11 is 1.18. The number of carbonyl (C=O) groups excluding carboxylic acids is 1. The molecular weight excluding hydrogens is 418 g/mol. The summed E-state index contributed by atoms with van der Waals surface area (Å²) in [7, 11) is 1.57. The highest BCUT2D eigenvalue weighted by atomic mass is 32.1. The third-order valence-electron chi connectivity index (χ3n) is 5.08. The Labute approximate surface area is 179 Å². The van der Waals surface area contributed by atoms with Crippen molar-refractivity contribution >= 4 is 52.0 Å². The number of methoxy groups -OCH3 is 1. The van der Waals surface area contributed by atoms with Crippen molar-refractivity contribution in [3.8, 4) is 16.4 Å². The topological polar surface area (TPSA) is 102 Å². The molecule has 5 rings (SSSR count). The van der Waals surface area contributed by atoms with Gasteiger partial charge in [0.1, 0.15) is 28.1 Å². The quantitative estimate of drug-likeness (QED) is 0.490. The Morgan fingerprint density at radius 2 is 1.97 bits per heavy atom. The van der Waals surface area contributed by atoms with E-state index in [1.54, 1.807) is 36.8 Å². The Hall–Kier alpha value is -3.78. The van der Waals surface area contributed by atoms with Gasteiger partial charge in [0, 0.05) is 16.0 Å². The van der Waals surface area contributed by atoms with Crippen LogP contribution in [0.3, 0.4) is 0 Å². The molecule has 3 heterocycles. The summed E-state index contributed by atoms with van der Waals surface area (Å²) in [5.41, 5.74) is 1.44. The van der Waals surface area contributed by atoms with Crippen LogP contribution in [-0.2, 0) is 0 Å². The molecule has 7 nitrogen and oxygen atoms in total. The maximum Gasteiger partial charge on any atom is 0.339 e. The van der Waals surface area contributed by atoms with E-state index in [0.29, 0.717) is 27.4 Å². The van der Waals surface area contributed by atoms with Crippen LogP contribution in [-0.4, -0.2) is 24.1 Å². The van der Waals surface area contributed by atoms with Crippen molar-refractivity contribution in [2.24, 2.45) is 0 Å². The molecule has 1 aromatic carbocycles. The number of rotatable bonds is 5. The fourth-order valence-corrected chi connectivity index (χ4v) is 4.54. The lowest BCUT2D eigenvalue weighted by atomic mass is 10.1. The van der Waals surface area contributed by atoms with Gasteiger partial charge in [-0.15, -0.1) is 11.3 Å². The van der Waals surface area contributed by atoms with Crippen molar-refractivity contribution in [1.29, 1.82) is 0 Å². The number of carbonyl (C=O) groups is 2. The Balaban J connectivity index is 1.51. The zero-order valence-electron chi connectivity index (χ0n) is 16.4. The number of hydrogen-bond donors (Lipinski definition) is 2. The van der Waals surface area contributed by atoms with E-state index in [9.17, 15) is 14.7 Å². The molecule has 0 atom stereocenters. The van der Waals surface area contributed by atoms with Crippen LogP contribution in [0.1, 0.15) is 33.8 Å². The minimum absolute atomic E-state index is 0.0289. The predicted molar refractivity (Wildman–Crippen MR) is 117 cm³/mol. The first-order chi connectivity index (χ1) is 15.0. The molecule has 2 N–H and O–H groups in total.